The average Bonchev–Trinajstić information content (AvgIpc) is 4.01. The Morgan fingerprint density at radius 2 is 1.17 bits per heavy atom. The highest BCUT2D eigenvalue weighted by molar-refractivity contribution is 5.86. The molecule has 2 saturated heterocycles. The van der Waals surface area contributed by atoms with Gasteiger partial charge in [-0.2, -0.15) is 0 Å². The first-order valence-corrected chi connectivity index (χ1v) is 17.7. The molecule has 274 valence electrons. The number of aromatic nitrogens is 4. The van der Waals surface area contributed by atoms with Gasteiger partial charge in [-0.1, -0.05) is 78.9 Å². The maximum atomic E-state index is 14.7. The van der Waals surface area contributed by atoms with Gasteiger partial charge in [0, 0.05) is 12.8 Å². The Kier molecular flexibility index (Phi) is 10.1. The quantitative estimate of drug-likeness (QED) is 0.152. The maximum absolute atomic E-state index is 14.7. The summed E-state index contributed by atoms with van der Waals surface area (Å²) in [5.41, 5.74) is 6.16. The number of H-pyrrole nitrogens is 2. The number of hydrogen-bond donors (Lipinski definition) is 3. The van der Waals surface area contributed by atoms with Crippen LogP contribution < -0.4 is 5.32 Å². The lowest BCUT2D eigenvalue weighted by Gasteiger charge is -2.26. The number of aromatic amines is 2. The van der Waals surface area contributed by atoms with E-state index >= 15 is 0 Å². The van der Waals surface area contributed by atoms with Gasteiger partial charge in [-0.15, -0.1) is 0 Å². The lowest BCUT2D eigenvalue weighted by Crippen LogP contribution is -2.47. The van der Waals surface area contributed by atoms with Crippen LogP contribution in [0.2, 0.25) is 0 Å². The van der Waals surface area contributed by atoms with Crippen molar-refractivity contribution in [2.45, 2.75) is 63.1 Å². The number of carbonyl (C=O) groups is 3. The van der Waals surface area contributed by atoms with Gasteiger partial charge in [0.05, 0.1) is 62.0 Å². The predicted octanol–water partition coefficient (Wildman–Crippen LogP) is 6.91. The van der Waals surface area contributed by atoms with Crippen LogP contribution in [0.15, 0.2) is 91.3 Å². The molecule has 2 aromatic heterocycles. The standard InChI is InChI=1S/C40H41F2N7O4/c1-23(25-7-5-4-6-8-25)38(50)48-21-30(41)17-34(48)36-43-19-32(46-36)28-13-9-26(10-14-28)27-11-15-29(16-12-27)33-20-44-37(47-33)35-18-31(42)22-49(35)39(51)24(2)45-40(52)53-3/h4-16,19-20,23-24,30-31,34-35H,17-18,21-22H2,1-3H3,(H,43,46)(H,44,47)(H,45,52)/t23-,24+,30+,31+,34+,35+/m1/s1. The summed E-state index contributed by atoms with van der Waals surface area (Å²) in [6.07, 6.45) is 0.617. The van der Waals surface area contributed by atoms with Crippen LogP contribution in [-0.2, 0) is 14.3 Å². The van der Waals surface area contributed by atoms with Crippen molar-refractivity contribution in [1.29, 1.82) is 0 Å². The molecule has 2 fully saturated rings. The van der Waals surface area contributed by atoms with Crippen LogP contribution in [0.5, 0.6) is 0 Å². The SMILES string of the molecule is COC(=O)N[C@@H](C)C(=O)N1C[C@@H](F)C[C@H]1c1ncc(-c2ccc(-c3ccc(-c4cnc([C@@H]5C[C@H](F)CN5C(=O)[C@H](C)c5ccccc5)[nH]4)cc3)cc2)[nH]1. The van der Waals surface area contributed by atoms with Crippen molar-refractivity contribution in [1.82, 2.24) is 35.1 Å². The smallest absolute Gasteiger partial charge is 0.407 e. The van der Waals surface area contributed by atoms with Gasteiger partial charge in [0.15, 0.2) is 0 Å². The van der Waals surface area contributed by atoms with Crippen molar-refractivity contribution in [3.63, 3.8) is 0 Å². The summed E-state index contributed by atoms with van der Waals surface area (Å²) in [6.45, 7) is 3.34. The van der Waals surface area contributed by atoms with Crippen LogP contribution >= 0.6 is 0 Å². The van der Waals surface area contributed by atoms with Crippen molar-refractivity contribution in [2.75, 3.05) is 20.2 Å². The Morgan fingerprint density at radius 3 is 1.64 bits per heavy atom. The first-order chi connectivity index (χ1) is 25.6. The number of alkyl carbamates (subject to hydrolysis) is 1. The van der Waals surface area contributed by atoms with Gasteiger partial charge in [0.1, 0.15) is 30.0 Å². The normalized spacial score (nSPS) is 21.0. The van der Waals surface area contributed by atoms with Crippen LogP contribution in [0.3, 0.4) is 0 Å². The van der Waals surface area contributed by atoms with Gasteiger partial charge in [-0.25, -0.2) is 23.5 Å². The highest BCUT2D eigenvalue weighted by atomic mass is 19.1. The molecule has 0 bridgehead atoms. The fraction of sp³-hybridized carbons (Fsp3) is 0.325. The highest BCUT2D eigenvalue weighted by Gasteiger charge is 2.41. The number of alkyl halides is 2. The molecule has 53 heavy (non-hydrogen) atoms. The molecule has 4 heterocycles. The largest absolute Gasteiger partial charge is 0.453 e. The van der Waals surface area contributed by atoms with Crippen molar-refractivity contribution in [3.05, 3.63) is 108 Å². The molecular formula is C40H41F2N7O4. The number of halogens is 2. The molecule has 2 aliphatic heterocycles. The fourth-order valence-electron chi connectivity index (χ4n) is 7.24. The van der Waals surface area contributed by atoms with E-state index in [9.17, 15) is 23.2 Å². The van der Waals surface area contributed by atoms with Crippen LogP contribution in [0.4, 0.5) is 13.6 Å². The Balaban J connectivity index is 1.01. The molecule has 3 aromatic carbocycles. The number of rotatable bonds is 9. The Bertz CT molecular complexity index is 2070. The first kappa shape index (κ1) is 35.5. The molecule has 0 unspecified atom stereocenters. The van der Waals surface area contributed by atoms with Crippen molar-refractivity contribution >= 4 is 17.9 Å². The molecule has 13 heteroatoms. The van der Waals surface area contributed by atoms with Gasteiger partial charge < -0.3 is 29.8 Å². The van der Waals surface area contributed by atoms with Crippen LogP contribution in [0.1, 0.15) is 61.9 Å². The summed E-state index contributed by atoms with van der Waals surface area (Å²) < 4.78 is 33.8. The topological polar surface area (TPSA) is 136 Å². The fourth-order valence-corrected chi connectivity index (χ4v) is 7.24. The van der Waals surface area contributed by atoms with Crippen LogP contribution in [0.25, 0.3) is 33.6 Å². The highest BCUT2D eigenvalue weighted by Crippen LogP contribution is 2.37. The second-order valence-corrected chi connectivity index (χ2v) is 13.7. The first-order valence-electron chi connectivity index (χ1n) is 17.7. The molecule has 0 radical (unpaired) electrons. The molecule has 3 N–H and O–H groups in total. The third-order valence-electron chi connectivity index (χ3n) is 10.2. The molecule has 0 spiro atoms. The van der Waals surface area contributed by atoms with Gasteiger partial charge in [0.25, 0.3) is 0 Å². The number of hydrogen-bond acceptors (Lipinski definition) is 6. The van der Waals surface area contributed by atoms with E-state index in [4.69, 9.17) is 0 Å². The number of imidazole rings is 2. The number of amides is 3. The van der Waals surface area contributed by atoms with Gasteiger partial charge >= 0.3 is 6.09 Å². The molecule has 0 saturated carbocycles. The number of benzene rings is 3. The summed E-state index contributed by atoms with van der Waals surface area (Å²) in [4.78, 5) is 56.8. The van der Waals surface area contributed by atoms with Gasteiger partial charge in [-0.3, -0.25) is 9.59 Å². The number of nitrogens with one attached hydrogen (secondary N) is 3. The third-order valence-corrected chi connectivity index (χ3v) is 10.2. The molecule has 0 aliphatic carbocycles. The zero-order chi connectivity index (χ0) is 37.2. The van der Waals surface area contributed by atoms with Crippen molar-refractivity contribution in [3.8, 4) is 33.6 Å². The summed E-state index contributed by atoms with van der Waals surface area (Å²) in [5, 5.41) is 2.45. The van der Waals surface area contributed by atoms with Crippen molar-refractivity contribution < 1.29 is 27.9 Å². The zero-order valence-electron chi connectivity index (χ0n) is 29.6. The Labute approximate surface area is 305 Å². The number of nitrogens with zero attached hydrogens (tertiary/aromatic N) is 4. The molecule has 3 amide bonds. The van der Waals surface area contributed by atoms with E-state index in [1.807, 2.05) is 85.8 Å². The van der Waals surface area contributed by atoms with Crippen LogP contribution in [0, 0.1) is 0 Å². The second-order valence-electron chi connectivity index (χ2n) is 13.7. The van der Waals surface area contributed by atoms with Gasteiger partial charge in [0.2, 0.25) is 11.8 Å². The molecule has 2 aliphatic rings. The minimum atomic E-state index is -1.21. The van der Waals surface area contributed by atoms with E-state index in [1.165, 1.54) is 18.9 Å². The third kappa shape index (κ3) is 7.41. The lowest BCUT2D eigenvalue weighted by atomic mass is 9.99. The summed E-state index contributed by atoms with van der Waals surface area (Å²) >= 11 is 0. The number of likely N-dealkylation sites (tertiary alicyclic amines) is 2. The molecule has 5 aromatic rings. The molecule has 7 rings (SSSR count). The molecule has 11 nitrogen and oxygen atoms in total. The van der Waals surface area contributed by atoms with E-state index in [-0.39, 0.29) is 31.8 Å². The van der Waals surface area contributed by atoms with E-state index in [0.29, 0.717) is 11.6 Å². The minimum Gasteiger partial charge on any atom is -0.453 e. The van der Waals surface area contributed by atoms with Gasteiger partial charge in [-0.05, 0) is 41.7 Å². The molecular weight excluding hydrogens is 680 g/mol. The average molecular weight is 722 g/mol. The summed E-state index contributed by atoms with van der Waals surface area (Å²) in [7, 11) is 1.21. The van der Waals surface area contributed by atoms with E-state index in [1.54, 1.807) is 17.3 Å². The minimum absolute atomic E-state index is 0.0441. The second kappa shape index (κ2) is 15.0. The number of carbonyl (C=O) groups excluding carboxylic acids is 3. The van der Waals surface area contributed by atoms with E-state index in [0.717, 1.165) is 39.2 Å². The number of methoxy groups -OCH3 is 1. The zero-order valence-corrected chi connectivity index (χ0v) is 29.6. The monoisotopic (exact) mass is 721 g/mol. The van der Waals surface area contributed by atoms with Crippen molar-refractivity contribution in [2.24, 2.45) is 0 Å². The van der Waals surface area contributed by atoms with E-state index in [2.05, 4.69) is 30.0 Å². The van der Waals surface area contributed by atoms with E-state index < -0.39 is 48.4 Å². The Morgan fingerprint density at radius 1 is 0.717 bits per heavy atom. The predicted molar refractivity (Wildman–Crippen MR) is 195 cm³/mol. The summed E-state index contributed by atoms with van der Waals surface area (Å²) in [6, 6.07) is 23.5. The summed E-state index contributed by atoms with van der Waals surface area (Å²) in [5.74, 6) is 0.107. The lowest BCUT2D eigenvalue weighted by molar-refractivity contribution is -0.134. The van der Waals surface area contributed by atoms with Crippen LogP contribution in [-0.4, -0.2) is 86.2 Å². The molecule has 6 atom stereocenters. The maximum Gasteiger partial charge on any atom is 0.407 e. The number of ether oxygens (including phenoxy) is 1. The Hall–Kier alpha value is -5.85.